The maximum Gasteiger partial charge on any atom is 0.191 e. The molecule has 0 saturated carbocycles. The zero-order valence-corrected chi connectivity index (χ0v) is 14.5. The minimum Gasteiger partial charge on any atom is -0.375 e. The summed E-state index contributed by atoms with van der Waals surface area (Å²) in [4.78, 5) is 8.65. The van der Waals surface area contributed by atoms with Crippen molar-refractivity contribution in [2.45, 2.75) is 20.0 Å². The maximum atomic E-state index is 5.64. The fourth-order valence-electron chi connectivity index (χ4n) is 2.06. The number of aryl methyl sites for hydroxylation is 1. The third-order valence-electron chi connectivity index (χ3n) is 3.21. The van der Waals surface area contributed by atoms with Crippen LogP contribution in [-0.4, -0.2) is 37.7 Å². The maximum absolute atomic E-state index is 5.64. The summed E-state index contributed by atoms with van der Waals surface area (Å²) in [6.07, 6.45) is 0.898. The highest BCUT2D eigenvalue weighted by atomic mass is 32.1. The van der Waals surface area contributed by atoms with Crippen molar-refractivity contribution in [3.05, 3.63) is 52.0 Å². The Morgan fingerprint density at radius 1 is 1.22 bits per heavy atom. The van der Waals surface area contributed by atoms with Crippen molar-refractivity contribution >= 4 is 17.3 Å². The van der Waals surface area contributed by atoms with E-state index in [1.165, 1.54) is 5.56 Å². The standard InChI is InChI=1S/C17H24N4OS/c1-14-21-16(13-23-14)8-9-19-17(18-2)20-10-11-22-12-15-6-4-3-5-7-15/h3-7,13H,8-12H2,1-2H3,(H2,18,19,20). The van der Waals surface area contributed by atoms with Crippen LogP contribution in [0.5, 0.6) is 0 Å². The molecule has 2 N–H and O–H groups in total. The van der Waals surface area contributed by atoms with E-state index in [-0.39, 0.29) is 0 Å². The molecule has 1 aromatic carbocycles. The first-order valence-electron chi connectivity index (χ1n) is 7.75. The lowest BCUT2D eigenvalue weighted by molar-refractivity contribution is 0.125. The summed E-state index contributed by atoms with van der Waals surface area (Å²) in [5.74, 6) is 0.792. The fourth-order valence-corrected chi connectivity index (χ4v) is 2.71. The Bertz CT molecular complexity index is 598. The Hall–Kier alpha value is -1.92. The molecule has 0 amide bonds. The molecule has 1 aromatic heterocycles. The Kier molecular flexibility index (Phi) is 7.56. The van der Waals surface area contributed by atoms with Gasteiger partial charge in [-0.25, -0.2) is 4.98 Å². The van der Waals surface area contributed by atoms with Gasteiger partial charge in [0.25, 0.3) is 0 Å². The molecule has 0 saturated heterocycles. The molecule has 0 fully saturated rings. The predicted molar refractivity (Wildman–Crippen MR) is 96.0 cm³/mol. The number of thiazole rings is 1. The molecule has 1 heterocycles. The van der Waals surface area contributed by atoms with Gasteiger partial charge in [-0.15, -0.1) is 11.3 Å². The molecule has 5 nitrogen and oxygen atoms in total. The van der Waals surface area contributed by atoms with E-state index in [4.69, 9.17) is 4.74 Å². The molecule has 0 aliphatic rings. The Labute approximate surface area is 141 Å². The van der Waals surface area contributed by atoms with E-state index >= 15 is 0 Å². The number of aliphatic imine (C=N–C) groups is 1. The SMILES string of the molecule is CN=C(NCCOCc1ccccc1)NCCc1csc(C)n1. The first-order valence-corrected chi connectivity index (χ1v) is 8.63. The summed E-state index contributed by atoms with van der Waals surface area (Å²) >= 11 is 1.69. The second kappa shape index (κ2) is 9.97. The van der Waals surface area contributed by atoms with E-state index in [1.807, 2.05) is 25.1 Å². The smallest absolute Gasteiger partial charge is 0.191 e. The summed E-state index contributed by atoms with van der Waals surface area (Å²) in [7, 11) is 1.77. The van der Waals surface area contributed by atoms with Crippen LogP contribution in [0.2, 0.25) is 0 Å². The first kappa shape index (κ1) is 17.4. The molecule has 0 bridgehead atoms. The van der Waals surface area contributed by atoms with E-state index in [1.54, 1.807) is 18.4 Å². The number of nitrogens with one attached hydrogen (secondary N) is 2. The molecule has 23 heavy (non-hydrogen) atoms. The lowest BCUT2D eigenvalue weighted by Gasteiger charge is -2.11. The average molecular weight is 332 g/mol. The molecule has 0 aliphatic heterocycles. The number of hydrogen-bond acceptors (Lipinski definition) is 4. The second-order valence-electron chi connectivity index (χ2n) is 5.07. The van der Waals surface area contributed by atoms with Crippen molar-refractivity contribution in [2.75, 3.05) is 26.7 Å². The van der Waals surface area contributed by atoms with Gasteiger partial charge in [0.05, 0.1) is 23.9 Å². The van der Waals surface area contributed by atoms with E-state index in [9.17, 15) is 0 Å². The van der Waals surface area contributed by atoms with Gasteiger partial charge in [-0.2, -0.15) is 0 Å². The summed E-state index contributed by atoms with van der Waals surface area (Å²) in [6, 6.07) is 10.2. The quantitative estimate of drug-likeness (QED) is 0.443. The molecule has 0 unspecified atom stereocenters. The molecule has 124 valence electrons. The highest BCUT2D eigenvalue weighted by Gasteiger charge is 2.00. The van der Waals surface area contributed by atoms with E-state index in [0.717, 1.165) is 36.2 Å². The minimum absolute atomic E-state index is 0.637. The molecule has 0 atom stereocenters. The van der Waals surface area contributed by atoms with Crippen LogP contribution in [-0.2, 0) is 17.8 Å². The monoisotopic (exact) mass is 332 g/mol. The minimum atomic E-state index is 0.637. The van der Waals surface area contributed by atoms with Crippen LogP contribution in [0.15, 0.2) is 40.7 Å². The van der Waals surface area contributed by atoms with Crippen LogP contribution in [0, 0.1) is 6.92 Å². The first-order chi connectivity index (χ1) is 11.3. The largest absolute Gasteiger partial charge is 0.375 e. The molecule has 2 aromatic rings. The fraction of sp³-hybridized carbons (Fsp3) is 0.412. The number of benzene rings is 1. The van der Waals surface area contributed by atoms with Crippen LogP contribution in [0.3, 0.4) is 0 Å². The van der Waals surface area contributed by atoms with Gasteiger partial charge in [0.2, 0.25) is 0 Å². The van der Waals surface area contributed by atoms with Crippen LogP contribution < -0.4 is 10.6 Å². The molecular formula is C17H24N4OS. The van der Waals surface area contributed by atoms with Crippen LogP contribution >= 0.6 is 11.3 Å². The van der Waals surface area contributed by atoms with Gasteiger partial charge >= 0.3 is 0 Å². The summed E-state index contributed by atoms with van der Waals surface area (Å²) < 4.78 is 5.64. The van der Waals surface area contributed by atoms with Crippen molar-refractivity contribution < 1.29 is 4.74 Å². The number of hydrogen-bond donors (Lipinski definition) is 2. The van der Waals surface area contributed by atoms with Gasteiger partial charge in [0.1, 0.15) is 0 Å². The number of aromatic nitrogens is 1. The third kappa shape index (κ3) is 6.80. The third-order valence-corrected chi connectivity index (χ3v) is 4.04. The normalized spacial score (nSPS) is 11.5. The number of ether oxygens (including phenoxy) is 1. The van der Waals surface area contributed by atoms with Gasteiger partial charge in [0.15, 0.2) is 5.96 Å². The van der Waals surface area contributed by atoms with Crippen LogP contribution in [0.1, 0.15) is 16.3 Å². The highest BCUT2D eigenvalue weighted by molar-refractivity contribution is 7.09. The van der Waals surface area contributed by atoms with Crippen molar-refractivity contribution in [1.82, 2.24) is 15.6 Å². The van der Waals surface area contributed by atoms with E-state index < -0.39 is 0 Å². The Morgan fingerprint density at radius 3 is 2.70 bits per heavy atom. The molecule has 2 rings (SSSR count). The number of nitrogens with zero attached hydrogens (tertiary/aromatic N) is 2. The highest BCUT2D eigenvalue weighted by Crippen LogP contribution is 2.07. The zero-order valence-electron chi connectivity index (χ0n) is 13.7. The summed E-state index contributed by atoms with van der Waals surface area (Å²) in [5, 5.41) is 9.74. The topological polar surface area (TPSA) is 58.5 Å². The lowest BCUT2D eigenvalue weighted by atomic mass is 10.2. The lowest BCUT2D eigenvalue weighted by Crippen LogP contribution is -2.39. The number of guanidine groups is 1. The molecule has 0 aliphatic carbocycles. The Morgan fingerprint density at radius 2 is 2.00 bits per heavy atom. The second-order valence-corrected chi connectivity index (χ2v) is 6.13. The van der Waals surface area contributed by atoms with Crippen molar-refractivity contribution in [3.63, 3.8) is 0 Å². The van der Waals surface area contributed by atoms with Crippen molar-refractivity contribution in [2.24, 2.45) is 4.99 Å². The Balaban J connectivity index is 1.56. The van der Waals surface area contributed by atoms with E-state index in [0.29, 0.717) is 13.2 Å². The molecular weight excluding hydrogens is 308 g/mol. The van der Waals surface area contributed by atoms with Crippen molar-refractivity contribution in [3.8, 4) is 0 Å². The number of rotatable bonds is 8. The van der Waals surface area contributed by atoms with Crippen LogP contribution in [0.25, 0.3) is 0 Å². The molecule has 0 radical (unpaired) electrons. The van der Waals surface area contributed by atoms with E-state index in [2.05, 4.69) is 38.1 Å². The summed E-state index contributed by atoms with van der Waals surface area (Å²) in [6.45, 7) is 4.84. The average Bonchev–Trinajstić information content (AvgIpc) is 2.99. The molecule has 6 heteroatoms. The van der Waals surface area contributed by atoms with Gasteiger partial charge < -0.3 is 15.4 Å². The predicted octanol–water partition coefficient (Wildman–Crippen LogP) is 2.38. The van der Waals surface area contributed by atoms with Gasteiger partial charge in [-0.3, -0.25) is 4.99 Å². The van der Waals surface area contributed by atoms with Gasteiger partial charge in [-0.05, 0) is 12.5 Å². The molecule has 0 spiro atoms. The zero-order chi connectivity index (χ0) is 16.3. The van der Waals surface area contributed by atoms with Gasteiger partial charge in [-0.1, -0.05) is 30.3 Å². The van der Waals surface area contributed by atoms with Gasteiger partial charge in [0, 0.05) is 31.9 Å². The van der Waals surface area contributed by atoms with Crippen molar-refractivity contribution in [1.29, 1.82) is 0 Å². The van der Waals surface area contributed by atoms with Crippen LogP contribution in [0.4, 0.5) is 0 Å². The summed E-state index contributed by atoms with van der Waals surface area (Å²) in [5.41, 5.74) is 2.32.